The zero-order chi connectivity index (χ0) is 25.7. The normalized spacial score (nSPS) is 24.1. The summed E-state index contributed by atoms with van der Waals surface area (Å²) in [6.45, 7) is 8.63. The molecule has 10 nitrogen and oxygen atoms in total. The van der Waals surface area contributed by atoms with E-state index in [0.29, 0.717) is 25.7 Å². The first kappa shape index (κ1) is 29.5. The van der Waals surface area contributed by atoms with E-state index in [0.717, 1.165) is 0 Å². The minimum absolute atomic E-state index is 0.0203. The summed E-state index contributed by atoms with van der Waals surface area (Å²) in [5.41, 5.74) is 0. The van der Waals surface area contributed by atoms with Crippen molar-refractivity contribution in [1.29, 1.82) is 0 Å². The van der Waals surface area contributed by atoms with Crippen molar-refractivity contribution in [3.63, 3.8) is 0 Å². The van der Waals surface area contributed by atoms with Gasteiger partial charge in [-0.1, -0.05) is 27.7 Å². The van der Waals surface area contributed by atoms with Crippen molar-refractivity contribution in [3.05, 3.63) is 0 Å². The highest BCUT2D eigenvalue weighted by Crippen LogP contribution is 2.30. The van der Waals surface area contributed by atoms with E-state index in [4.69, 9.17) is 18.9 Å². The number of amides is 1. The second-order valence-electron chi connectivity index (χ2n) is 8.40. The Hall–Kier alpha value is -2.49. The first-order valence-corrected chi connectivity index (χ1v) is 12.2. The summed E-state index contributed by atoms with van der Waals surface area (Å²) in [6.07, 6.45) is -1.79. The lowest BCUT2D eigenvalue weighted by Gasteiger charge is -2.45. The fraction of sp³-hybridized carbons (Fsp3) is 0.792. The molecule has 0 spiro atoms. The van der Waals surface area contributed by atoms with E-state index in [2.05, 4.69) is 5.32 Å². The number of ketones is 1. The van der Waals surface area contributed by atoms with Crippen LogP contribution >= 0.6 is 0 Å². The van der Waals surface area contributed by atoms with E-state index >= 15 is 0 Å². The van der Waals surface area contributed by atoms with Crippen LogP contribution in [0.4, 0.5) is 0 Å². The van der Waals surface area contributed by atoms with E-state index in [1.165, 1.54) is 6.92 Å². The molecule has 0 aliphatic carbocycles. The van der Waals surface area contributed by atoms with Gasteiger partial charge in [0.05, 0.1) is 0 Å². The van der Waals surface area contributed by atoms with Gasteiger partial charge in [-0.3, -0.25) is 19.2 Å². The largest absolute Gasteiger partial charge is 0.456 e. The third-order valence-electron chi connectivity index (χ3n) is 5.23. The molecule has 1 heterocycles. The second kappa shape index (κ2) is 15.4. The summed E-state index contributed by atoms with van der Waals surface area (Å²) in [5, 5.41) is 2.69. The zero-order valence-electron chi connectivity index (χ0n) is 20.9. The lowest BCUT2D eigenvalue weighted by atomic mass is 9.94. The number of hydrogen-bond donors (Lipinski definition) is 1. The zero-order valence-corrected chi connectivity index (χ0v) is 20.9. The van der Waals surface area contributed by atoms with E-state index in [1.807, 2.05) is 20.8 Å². The predicted octanol–water partition coefficient (Wildman–Crippen LogP) is 2.74. The van der Waals surface area contributed by atoms with Gasteiger partial charge in [-0.15, -0.1) is 0 Å². The van der Waals surface area contributed by atoms with Crippen LogP contribution in [0.25, 0.3) is 0 Å². The van der Waals surface area contributed by atoms with E-state index in [9.17, 15) is 24.0 Å². The Morgan fingerprint density at radius 3 is 1.68 bits per heavy atom. The molecule has 1 fully saturated rings. The van der Waals surface area contributed by atoms with Gasteiger partial charge in [0, 0.05) is 32.1 Å². The van der Waals surface area contributed by atoms with Gasteiger partial charge in [0.1, 0.15) is 17.9 Å². The van der Waals surface area contributed by atoms with Crippen LogP contribution in [0, 0.1) is 0 Å². The van der Waals surface area contributed by atoms with Gasteiger partial charge in [-0.25, -0.2) is 0 Å². The maximum atomic E-state index is 12.6. The van der Waals surface area contributed by atoms with Crippen LogP contribution in [-0.4, -0.2) is 60.2 Å². The molecule has 34 heavy (non-hydrogen) atoms. The van der Waals surface area contributed by atoms with Gasteiger partial charge in [-0.2, -0.15) is 0 Å². The highest BCUT2D eigenvalue weighted by molar-refractivity contribution is 5.83. The molecule has 3 unspecified atom stereocenters. The molecule has 0 aromatic carbocycles. The number of Topliss-reactive ketones (excluding diaryl/α,β-unsaturated/α-hetero) is 1. The van der Waals surface area contributed by atoms with E-state index in [1.54, 1.807) is 6.92 Å². The van der Waals surface area contributed by atoms with E-state index < -0.39 is 54.5 Å². The van der Waals surface area contributed by atoms with Crippen LogP contribution in [0.2, 0.25) is 0 Å². The molecule has 1 N–H and O–H groups in total. The third-order valence-corrected chi connectivity index (χ3v) is 5.23. The van der Waals surface area contributed by atoms with Crippen molar-refractivity contribution in [2.24, 2.45) is 0 Å². The molecule has 194 valence electrons. The van der Waals surface area contributed by atoms with Crippen molar-refractivity contribution in [2.75, 3.05) is 0 Å². The van der Waals surface area contributed by atoms with Gasteiger partial charge < -0.3 is 29.1 Å². The SMILES string of the molecule is CCCC(=O)OC1OC(CC)[C@H](OC(=O)CCC)[C@H](OC(=O)CCC)C1NC(=O)CCC(C)=O. The Morgan fingerprint density at radius 1 is 0.706 bits per heavy atom. The molecule has 0 radical (unpaired) electrons. The predicted molar refractivity (Wildman–Crippen MR) is 121 cm³/mol. The fourth-order valence-electron chi connectivity index (χ4n) is 3.54. The van der Waals surface area contributed by atoms with Crippen LogP contribution in [0.1, 0.15) is 92.4 Å². The number of carbonyl (C=O) groups excluding carboxylic acids is 5. The summed E-state index contributed by atoms with van der Waals surface area (Å²) in [7, 11) is 0. The monoisotopic (exact) mass is 485 g/mol. The first-order chi connectivity index (χ1) is 16.2. The topological polar surface area (TPSA) is 134 Å². The molecule has 10 heteroatoms. The van der Waals surface area contributed by atoms with Crippen molar-refractivity contribution in [3.8, 4) is 0 Å². The molecule has 1 saturated heterocycles. The number of hydrogen-bond acceptors (Lipinski definition) is 9. The Morgan fingerprint density at radius 2 is 1.21 bits per heavy atom. The maximum Gasteiger partial charge on any atom is 0.308 e. The summed E-state index contributed by atoms with van der Waals surface area (Å²) >= 11 is 0. The number of esters is 3. The summed E-state index contributed by atoms with van der Waals surface area (Å²) in [5.74, 6) is -2.24. The van der Waals surface area contributed by atoms with Gasteiger partial charge in [0.2, 0.25) is 12.2 Å². The van der Waals surface area contributed by atoms with Crippen LogP contribution in [0.5, 0.6) is 0 Å². The number of rotatable bonds is 14. The highest BCUT2D eigenvalue weighted by Gasteiger charge is 2.51. The molecule has 5 atom stereocenters. The van der Waals surface area contributed by atoms with Crippen LogP contribution in [-0.2, 0) is 42.9 Å². The lowest BCUT2D eigenvalue weighted by Crippen LogP contribution is -2.66. The summed E-state index contributed by atoms with van der Waals surface area (Å²) in [6, 6.07) is -1.12. The molecule has 0 saturated carbocycles. The van der Waals surface area contributed by atoms with Crippen LogP contribution < -0.4 is 5.32 Å². The molecule has 0 bridgehead atoms. The minimum atomic E-state index is -1.26. The Labute approximate surface area is 201 Å². The summed E-state index contributed by atoms with van der Waals surface area (Å²) in [4.78, 5) is 61.0. The highest BCUT2D eigenvalue weighted by atomic mass is 16.7. The van der Waals surface area contributed by atoms with Crippen LogP contribution in [0.3, 0.4) is 0 Å². The Bertz CT molecular complexity index is 709. The standard InChI is InChI=1S/C24H39NO9/c1-6-10-18(28)32-22-16(9-4)31-24(34-20(30)12-8-3)21(23(22)33-19(29)11-7-2)25-17(27)14-13-15(5)26/h16,21-24H,6-14H2,1-5H3,(H,25,27)/t16?,21?,22-,23+,24?/m0/s1. The average molecular weight is 486 g/mol. The van der Waals surface area contributed by atoms with Gasteiger partial charge >= 0.3 is 17.9 Å². The van der Waals surface area contributed by atoms with Gasteiger partial charge in [0.15, 0.2) is 12.2 Å². The van der Waals surface area contributed by atoms with Crippen molar-refractivity contribution in [1.82, 2.24) is 5.32 Å². The molecule has 1 aliphatic rings. The third kappa shape index (κ3) is 9.79. The molecule has 1 rings (SSSR count). The lowest BCUT2D eigenvalue weighted by molar-refractivity contribution is -0.266. The molecular formula is C24H39NO9. The van der Waals surface area contributed by atoms with Crippen molar-refractivity contribution < 1.29 is 42.9 Å². The second-order valence-corrected chi connectivity index (χ2v) is 8.40. The molecule has 0 aromatic heterocycles. The summed E-state index contributed by atoms with van der Waals surface area (Å²) < 4.78 is 22.8. The van der Waals surface area contributed by atoms with Gasteiger partial charge in [-0.05, 0) is 32.6 Å². The Kier molecular flexibility index (Phi) is 13.4. The molecular weight excluding hydrogens is 446 g/mol. The smallest absolute Gasteiger partial charge is 0.308 e. The average Bonchev–Trinajstić information content (AvgIpc) is 2.76. The molecule has 0 aromatic rings. The quantitative estimate of drug-likeness (QED) is 0.291. The Balaban J connectivity index is 3.33. The fourth-order valence-corrected chi connectivity index (χ4v) is 3.54. The van der Waals surface area contributed by atoms with E-state index in [-0.39, 0.29) is 37.9 Å². The minimum Gasteiger partial charge on any atom is -0.456 e. The number of carbonyl (C=O) groups is 5. The number of nitrogens with one attached hydrogen (secondary N) is 1. The molecule has 1 aliphatic heterocycles. The maximum absolute atomic E-state index is 12.6. The molecule has 1 amide bonds. The van der Waals surface area contributed by atoms with Crippen molar-refractivity contribution >= 4 is 29.6 Å². The number of ether oxygens (including phenoxy) is 4. The van der Waals surface area contributed by atoms with Crippen LogP contribution in [0.15, 0.2) is 0 Å². The first-order valence-electron chi connectivity index (χ1n) is 12.2. The van der Waals surface area contributed by atoms with Crippen molar-refractivity contribution in [2.45, 2.75) is 123 Å². The van der Waals surface area contributed by atoms with Gasteiger partial charge in [0.25, 0.3) is 0 Å².